The molecule has 1 aliphatic heterocycles. The highest BCUT2D eigenvalue weighted by Gasteiger charge is 2.24. The van der Waals surface area contributed by atoms with E-state index in [-0.39, 0.29) is 11.7 Å². The number of hydrogen-bond acceptors (Lipinski definition) is 3. The maximum Gasteiger partial charge on any atom is 0.336 e. The molecule has 1 aromatic carbocycles. The van der Waals surface area contributed by atoms with Gasteiger partial charge in [-0.1, -0.05) is 6.58 Å². The summed E-state index contributed by atoms with van der Waals surface area (Å²) in [7, 11) is 0. The van der Waals surface area contributed by atoms with E-state index >= 15 is 0 Å². The third-order valence-corrected chi connectivity index (χ3v) is 3.36. The van der Waals surface area contributed by atoms with Gasteiger partial charge >= 0.3 is 5.63 Å². The molecule has 3 heteroatoms. The van der Waals surface area contributed by atoms with Crippen molar-refractivity contribution < 1.29 is 9.15 Å². The Morgan fingerprint density at radius 1 is 1.39 bits per heavy atom. The molecule has 2 aromatic rings. The lowest BCUT2D eigenvalue weighted by molar-refractivity contribution is 0.271. The van der Waals surface area contributed by atoms with Gasteiger partial charge in [0.25, 0.3) is 0 Å². The van der Waals surface area contributed by atoms with Crippen molar-refractivity contribution in [3.05, 3.63) is 51.9 Å². The van der Waals surface area contributed by atoms with E-state index in [0.717, 1.165) is 34.3 Å². The minimum absolute atomic E-state index is 0.0313. The number of rotatable bonds is 1. The molecule has 0 spiro atoms. The van der Waals surface area contributed by atoms with Gasteiger partial charge in [-0.15, -0.1) is 0 Å². The van der Waals surface area contributed by atoms with Gasteiger partial charge in [0, 0.05) is 23.4 Å². The molecule has 18 heavy (non-hydrogen) atoms. The summed E-state index contributed by atoms with van der Waals surface area (Å²) >= 11 is 0. The van der Waals surface area contributed by atoms with Gasteiger partial charge in [-0.25, -0.2) is 4.79 Å². The summed E-state index contributed by atoms with van der Waals surface area (Å²) in [6.45, 7) is 7.78. The molecule has 1 unspecified atom stereocenters. The fourth-order valence-electron chi connectivity index (χ4n) is 2.33. The summed E-state index contributed by atoms with van der Waals surface area (Å²) in [5.74, 6) is 0.868. The van der Waals surface area contributed by atoms with Crippen molar-refractivity contribution >= 4 is 11.0 Å². The van der Waals surface area contributed by atoms with Crippen molar-refractivity contribution in [3.63, 3.8) is 0 Å². The Morgan fingerprint density at radius 2 is 2.17 bits per heavy atom. The standard InChI is InChI=1S/C15H14O3/c1-8(2)12-5-10-6-14-11(7-13(10)17-12)9(3)4-15(16)18-14/h4,6-7,12H,1,5H2,2-3H3. The van der Waals surface area contributed by atoms with Crippen molar-refractivity contribution in [1.82, 2.24) is 0 Å². The molecule has 0 saturated carbocycles. The molecule has 3 rings (SSSR count). The van der Waals surface area contributed by atoms with E-state index in [1.54, 1.807) is 0 Å². The first-order valence-corrected chi connectivity index (χ1v) is 5.94. The van der Waals surface area contributed by atoms with Crippen molar-refractivity contribution in [1.29, 1.82) is 0 Å². The number of aryl methyl sites for hydroxylation is 1. The largest absolute Gasteiger partial charge is 0.485 e. The van der Waals surface area contributed by atoms with Crippen molar-refractivity contribution in [2.24, 2.45) is 0 Å². The maximum absolute atomic E-state index is 11.4. The molecule has 0 radical (unpaired) electrons. The van der Waals surface area contributed by atoms with E-state index in [1.807, 2.05) is 26.0 Å². The fraction of sp³-hybridized carbons (Fsp3) is 0.267. The second kappa shape index (κ2) is 3.73. The van der Waals surface area contributed by atoms with Gasteiger partial charge in [-0.2, -0.15) is 0 Å². The third kappa shape index (κ3) is 1.63. The van der Waals surface area contributed by atoms with Crippen LogP contribution in [0.5, 0.6) is 5.75 Å². The average molecular weight is 242 g/mol. The predicted octanol–water partition coefficient (Wildman–Crippen LogP) is 2.98. The van der Waals surface area contributed by atoms with Crippen LogP contribution in [0.3, 0.4) is 0 Å². The SMILES string of the molecule is C=C(C)C1Cc2cc3oc(=O)cc(C)c3cc2O1. The zero-order valence-electron chi connectivity index (χ0n) is 10.4. The lowest BCUT2D eigenvalue weighted by atomic mass is 10.0. The Kier molecular flexibility index (Phi) is 2.30. The van der Waals surface area contributed by atoms with Crippen LogP contribution in [0.2, 0.25) is 0 Å². The van der Waals surface area contributed by atoms with Crippen LogP contribution in [0.15, 0.2) is 39.6 Å². The Balaban J connectivity index is 2.20. The van der Waals surface area contributed by atoms with Gasteiger partial charge in [0.15, 0.2) is 0 Å². The van der Waals surface area contributed by atoms with Crippen LogP contribution in [-0.4, -0.2) is 6.10 Å². The third-order valence-electron chi connectivity index (χ3n) is 3.36. The van der Waals surface area contributed by atoms with Gasteiger partial charge in [0.1, 0.15) is 17.4 Å². The average Bonchev–Trinajstić information content (AvgIpc) is 2.69. The quantitative estimate of drug-likeness (QED) is 0.570. The second-order valence-corrected chi connectivity index (χ2v) is 4.86. The van der Waals surface area contributed by atoms with Crippen LogP contribution >= 0.6 is 0 Å². The summed E-state index contributed by atoms with van der Waals surface area (Å²) < 4.78 is 11.1. The molecule has 0 fully saturated rings. The first-order valence-electron chi connectivity index (χ1n) is 5.94. The Bertz CT molecular complexity index is 709. The van der Waals surface area contributed by atoms with Crippen LogP contribution < -0.4 is 10.4 Å². The summed E-state index contributed by atoms with van der Waals surface area (Å²) in [5, 5.41) is 0.927. The lowest BCUT2D eigenvalue weighted by Crippen LogP contribution is -2.13. The predicted molar refractivity (Wildman–Crippen MR) is 70.2 cm³/mol. The summed E-state index contributed by atoms with van der Waals surface area (Å²) in [6.07, 6.45) is 0.821. The molecule has 1 atom stereocenters. The lowest BCUT2D eigenvalue weighted by Gasteiger charge is -2.09. The normalized spacial score (nSPS) is 17.6. The van der Waals surface area contributed by atoms with Crippen LogP contribution in [0.1, 0.15) is 18.1 Å². The minimum atomic E-state index is -0.310. The van der Waals surface area contributed by atoms with E-state index in [9.17, 15) is 4.79 Å². The van der Waals surface area contributed by atoms with E-state index < -0.39 is 0 Å². The number of ether oxygens (including phenoxy) is 1. The molecule has 1 aliphatic rings. The van der Waals surface area contributed by atoms with E-state index in [2.05, 4.69) is 6.58 Å². The van der Waals surface area contributed by atoms with Crippen molar-refractivity contribution in [3.8, 4) is 5.75 Å². The van der Waals surface area contributed by atoms with Crippen LogP contribution in [-0.2, 0) is 6.42 Å². The molecule has 1 aromatic heterocycles. The molecular formula is C15H14O3. The van der Waals surface area contributed by atoms with Crippen LogP contribution in [0.25, 0.3) is 11.0 Å². The van der Waals surface area contributed by atoms with Gasteiger partial charge in [0.05, 0.1) is 0 Å². The van der Waals surface area contributed by atoms with E-state index in [0.29, 0.717) is 5.58 Å². The molecule has 0 saturated heterocycles. The van der Waals surface area contributed by atoms with Gasteiger partial charge < -0.3 is 9.15 Å². The zero-order chi connectivity index (χ0) is 12.9. The van der Waals surface area contributed by atoms with E-state index in [4.69, 9.17) is 9.15 Å². The topological polar surface area (TPSA) is 39.4 Å². The smallest absolute Gasteiger partial charge is 0.336 e. The first-order chi connectivity index (χ1) is 8.54. The Hall–Kier alpha value is -2.03. The molecule has 2 heterocycles. The highest BCUT2D eigenvalue weighted by molar-refractivity contribution is 5.83. The Morgan fingerprint density at radius 3 is 2.89 bits per heavy atom. The maximum atomic E-state index is 11.4. The van der Waals surface area contributed by atoms with Crippen LogP contribution in [0.4, 0.5) is 0 Å². The summed E-state index contributed by atoms with van der Waals surface area (Å²) in [5.41, 5.74) is 3.31. The molecule has 0 bridgehead atoms. The molecule has 0 N–H and O–H groups in total. The number of hydrogen-bond donors (Lipinski definition) is 0. The van der Waals surface area contributed by atoms with Gasteiger partial charge in [0.2, 0.25) is 0 Å². The summed E-state index contributed by atoms with van der Waals surface area (Å²) in [6, 6.07) is 5.35. The minimum Gasteiger partial charge on any atom is -0.485 e. The second-order valence-electron chi connectivity index (χ2n) is 4.86. The fourth-order valence-corrected chi connectivity index (χ4v) is 2.33. The Labute approximate surface area is 105 Å². The molecule has 0 aliphatic carbocycles. The van der Waals surface area contributed by atoms with Gasteiger partial charge in [-0.05, 0) is 37.1 Å². The zero-order valence-corrected chi connectivity index (χ0v) is 10.4. The van der Waals surface area contributed by atoms with Crippen molar-refractivity contribution in [2.45, 2.75) is 26.4 Å². The van der Waals surface area contributed by atoms with Crippen molar-refractivity contribution in [2.75, 3.05) is 0 Å². The molecular weight excluding hydrogens is 228 g/mol. The molecule has 3 nitrogen and oxygen atoms in total. The van der Waals surface area contributed by atoms with Crippen LogP contribution in [0, 0.1) is 6.92 Å². The molecule has 92 valence electrons. The highest BCUT2D eigenvalue weighted by Crippen LogP contribution is 2.35. The highest BCUT2D eigenvalue weighted by atomic mass is 16.5. The monoisotopic (exact) mass is 242 g/mol. The summed E-state index contributed by atoms with van der Waals surface area (Å²) in [4.78, 5) is 11.4. The first kappa shape index (κ1) is 11.1. The number of benzene rings is 1. The van der Waals surface area contributed by atoms with Gasteiger partial charge in [-0.3, -0.25) is 0 Å². The molecule has 0 amide bonds. The van der Waals surface area contributed by atoms with E-state index in [1.165, 1.54) is 6.07 Å². The number of fused-ring (bicyclic) bond motifs is 2.